The van der Waals surface area contributed by atoms with E-state index in [4.69, 9.17) is 16.0 Å². The van der Waals surface area contributed by atoms with Crippen LogP contribution in [-0.4, -0.2) is 17.4 Å². The number of benzene rings is 2. The topological polar surface area (TPSA) is 62.6 Å². The number of amides is 1. The molecule has 0 saturated heterocycles. The number of fused-ring (bicyclic) bond motifs is 1. The van der Waals surface area contributed by atoms with E-state index in [1.807, 2.05) is 54.6 Å². The van der Waals surface area contributed by atoms with Crippen molar-refractivity contribution in [2.24, 2.45) is 0 Å². The smallest absolute Gasteiger partial charge is 0.238 e. The molecule has 1 atom stereocenters. The van der Waals surface area contributed by atoms with Crippen LogP contribution in [0.3, 0.4) is 0 Å². The number of carbonyl (C=O) groups is 2. The second-order valence-corrected chi connectivity index (χ2v) is 9.22. The van der Waals surface area contributed by atoms with Gasteiger partial charge >= 0.3 is 0 Å². The van der Waals surface area contributed by atoms with Crippen LogP contribution in [0.5, 0.6) is 0 Å². The zero-order chi connectivity index (χ0) is 22.1. The van der Waals surface area contributed by atoms with E-state index in [0.717, 1.165) is 34.8 Å². The number of hydrogen-bond acceptors (Lipinski definition) is 5. The third-order valence-corrected chi connectivity index (χ3v) is 6.94. The van der Waals surface area contributed by atoms with Crippen molar-refractivity contribution in [3.63, 3.8) is 0 Å². The molecule has 7 heteroatoms. The lowest BCUT2D eigenvalue weighted by molar-refractivity contribution is -0.117. The Labute approximate surface area is 195 Å². The Balaban J connectivity index is 1.58. The van der Waals surface area contributed by atoms with Crippen LogP contribution >= 0.6 is 23.4 Å². The number of anilines is 2. The minimum atomic E-state index is -0.609. The van der Waals surface area contributed by atoms with Crippen LogP contribution in [0, 0.1) is 0 Å². The summed E-state index contributed by atoms with van der Waals surface area (Å²) in [6.45, 7) is 0. The van der Waals surface area contributed by atoms with Gasteiger partial charge in [0.15, 0.2) is 5.78 Å². The van der Waals surface area contributed by atoms with E-state index in [1.165, 1.54) is 11.8 Å². The van der Waals surface area contributed by atoms with Crippen LogP contribution in [0.15, 0.2) is 87.5 Å². The van der Waals surface area contributed by atoms with Gasteiger partial charge in [0.2, 0.25) is 5.91 Å². The van der Waals surface area contributed by atoms with Gasteiger partial charge in [0, 0.05) is 27.6 Å². The molecule has 1 aromatic heterocycles. The Morgan fingerprint density at radius 3 is 2.69 bits per heavy atom. The van der Waals surface area contributed by atoms with Crippen LogP contribution in [0.2, 0.25) is 5.02 Å². The molecule has 5 rings (SSSR count). The fourth-order valence-corrected chi connectivity index (χ4v) is 5.15. The van der Waals surface area contributed by atoms with Crippen molar-refractivity contribution >= 4 is 46.4 Å². The van der Waals surface area contributed by atoms with Crippen molar-refractivity contribution in [3.8, 4) is 0 Å². The predicted octanol–water partition coefficient (Wildman–Crippen LogP) is 6.23. The number of thioether (sulfide) groups is 1. The maximum absolute atomic E-state index is 13.7. The van der Waals surface area contributed by atoms with Crippen molar-refractivity contribution in [3.05, 3.63) is 89.0 Å². The highest BCUT2D eigenvalue weighted by Crippen LogP contribution is 2.45. The minimum Gasteiger partial charge on any atom is -0.467 e. The maximum Gasteiger partial charge on any atom is 0.238 e. The van der Waals surface area contributed by atoms with Gasteiger partial charge in [-0.1, -0.05) is 23.7 Å². The monoisotopic (exact) mass is 464 g/mol. The Hall–Kier alpha value is -2.96. The minimum absolute atomic E-state index is 0.0520. The number of allylic oxidation sites excluding steroid dienone is 1. The number of carbonyl (C=O) groups excluding carboxylic acids is 2. The van der Waals surface area contributed by atoms with Gasteiger partial charge in [-0.3, -0.25) is 14.5 Å². The third-order valence-electron chi connectivity index (χ3n) is 5.69. The Morgan fingerprint density at radius 2 is 1.91 bits per heavy atom. The molecule has 0 fully saturated rings. The molecule has 0 bridgehead atoms. The van der Waals surface area contributed by atoms with Crippen LogP contribution in [0.4, 0.5) is 11.4 Å². The first-order valence-electron chi connectivity index (χ1n) is 10.5. The van der Waals surface area contributed by atoms with Crippen molar-refractivity contribution in [2.75, 3.05) is 16.0 Å². The highest BCUT2D eigenvalue weighted by atomic mass is 35.5. The summed E-state index contributed by atoms with van der Waals surface area (Å²) in [7, 11) is 0. The van der Waals surface area contributed by atoms with Gasteiger partial charge in [0.05, 0.1) is 23.4 Å². The summed E-state index contributed by atoms with van der Waals surface area (Å²) in [4.78, 5) is 29.5. The van der Waals surface area contributed by atoms with Crippen LogP contribution in [0.1, 0.15) is 31.1 Å². The molecule has 0 saturated carbocycles. The molecule has 32 heavy (non-hydrogen) atoms. The lowest BCUT2D eigenvalue weighted by Crippen LogP contribution is -2.38. The van der Waals surface area contributed by atoms with Gasteiger partial charge in [-0.2, -0.15) is 0 Å². The molecular weight excluding hydrogens is 444 g/mol. The lowest BCUT2D eigenvalue weighted by Gasteiger charge is -2.32. The molecule has 1 N–H and O–H groups in total. The van der Waals surface area contributed by atoms with Crippen molar-refractivity contribution in [1.29, 1.82) is 0 Å². The Bertz CT molecular complexity index is 1190. The number of nitrogens with one attached hydrogen (secondary N) is 1. The number of para-hydroxylation sites is 2. The average molecular weight is 465 g/mol. The van der Waals surface area contributed by atoms with E-state index >= 15 is 0 Å². The molecule has 3 aromatic rings. The summed E-state index contributed by atoms with van der Waals surface area (Å²) in [5, 5.41) is 4.10. The van der Waals surface area contributed by atoms with Gasteiger partial charge in [0.25, 0.3) is 0 Å². The SMILES string of the molecule is O=C1CCCC2=C1[C@H](c1ccco1)N(C(=O)CSc1ccc(Cl)cc1)c1ccccc1N2. The molecule has 162 valence electrons. The third kappa shape index (κ3) is 3.96. The number of Topliss-reactive ketones (excluding diaryl/α,β-unsaturated/α-hetero) is 1. The van der Waals surface area contributed by atoms with Crippen LogP contribution < -0.4 is 10.2 Å². The maximum atomic E-state index is 13.7. The number of furan rings is 1. The van der Waals surface area contributed by atoms with Gasteiger partial charge in [-0.05, 0) is 61.4 Å². The highest BCUT2D eigenvalue weighted by molar-refractivity contribution is 8.00. The molecule has 0 spiro atoms. The van der Waals surface area contributed by atoms with Crippen molar-refractivity contribution in [2.45, 2.75) is 30.2 Å². The molecular formula is C25H21ClN2O3S. The number of halogens is 1. The number of ketones is 1. The zero-order valence-corrected chi connectivity index (χ0v) is 18.8. The summed E-state index contributed by atoms with van der Waals surface area (Å²) in [5.74, 6) is 0.740. The first-order valence-corrected chi connectivity index (χ1v) is 11.8. The van der Waals surface area contributed by atoms with E-state index in [2.05, 4.69) is 5.32 Å². The molecule has 0 radical (unpaired) electrons. The molecule has 1 aliphatic heterocycles. The normalized spacial score (nSPS) is 18.0. The predicted molar refractivity (Wildman–Crippen MR) is 127 cm³/mol. The molecule has 0 unspecified atom stereocenters. The average Bonchev–Trinajstić information content (AvgIpc) is 3.28. The summed E-state index contributed by atoms with van der Waals surface area (Å²) < 4.78 is 5.77. The van der Waals surface area contributed by atoms with Crippen molar-refractivity contribution in [1.82, 2.24) is 0 Å². The zero-order valence-electron chi connectivity index (χ0n) is 17.2. The van der Waals surface area contributed by atoms with E-state index < -0.39 is 6.04 Å². The van der Waals surface area contributed by atoms with Gasteiger partial charge in [0.1, 0.15) is 11.8 Å². The van der Waals surface area contributed by atoms with E-state index in [-0.39, 0.29) is 17.4 Å². The summed E-state index contributed by atoms with van der Waals surface area (Å²) in [5.41, 5.74) is 3.04. The molecule has 2 aromatic carbocycles. The van der Waals surface area contributed by atoms with Crippen molar-refractivity contribution < 1.29 is 14.0 Å². The van der Waals surface area contributed by atoms with Gasteiger partial charge in [-0.25, -0.2) is 0 Å². The fraction of sp³-hybridized carbons (Fsp3) is 0.200. The molecule has 1 aliphatic carbocycles. The number of rotatable bonds is 4. The number of hydrogen-bond donors (Lipinski definition) is 1. The second kappa shape index (κ2) is 8.88. The Kier molecular flexibility index (Phi) is 5.81. The van der Waals surface area contributed by atoms with Gasteiger partial charge in [-0.15, -0.1) is 11.8 Å². The van der Waals surface area contributed by atoms with Crippen LogP contribution in [-0.2, 0) is 9.59 Å². The highest BCUT2D eigenvalue weighted by Gasteiger charge is 2.40. The first-order chi connectivity index (χ1) is 15.6. The molecule has 5 nitrogen and oxygen atoms in total. The lowest BCUT2D eigenvalue weighted by atomic mass is 9.88. The van der Waals surface area contributed by atoms with E-state index in [0.29, 0.717) is 22.8 Å². The second-order valence-electron chi connectivity index (χ2n) is 7.74. The fourth-order valence-electron chi connectivity index (χ4n) is 4.27. The van der Waals surface area contributed by atoms with Crippen LogP contribution in [0.25, 0.3) is 0 Å². The Morgan fingerprint density at radius 1 is 1.09 bits per heavy atom. The summed E-state index contributed by atoms with van der Waals surface area (Å²) >= 11 is 7.43. The largest absolute Gasteiger partial charge is 0.467 e. The quantitative estimate of drug-likeness (QED) is 0.463. The van der Waals surface area contributed by atoms with Gasteiger partial charge < -0.3 is 9.73 Å². The molecule has 1 amide bonds. The summed E-state index contributed by atoms with van der Waals surface area (Å²) in [6, 6.07) is 18.1. The standard InChI is InChI=1S/C25H21ClN2O3S/c26-16-10-12-17(13-11-16)32-15-23(30)28-20-7-2-1-5-18(20)27-19-6-3-8-21(29)24(19)25(28)22-9-4-14-31-22/h1-2,4-5,7,9-14,25,27H,3,6,8,15H2/t25-/m0/s1. The number of nitrogens with zero attached hydrogens (tertiary/aromatic N) is 1. The first kappa shape index (κ1) is 20.9. The molecule has 2 heterocycles. The molecule has 2 aliphatic rings. The summed E-state index contributed by atoms with van der Waals surface area (Å²) in [6.07, 6.45) is 3.60. The van der Waals surface area contributed by atoms with E-state index in [1.54, 1.807) is 17.2 Å². The van der Waals surface area contributed by atoms with E-state index in [9.17, 15) is 9.59 Å².